The van der Waals surface area contributed by atoms with Crippen LogP contribution in [-0.4, -0.2) is 31.3 Å². The first-order valence-corrected chi connectivity index (χ1v) is 8.16. The Labute approximate surface area is 149 Å². The molecule has 3 rings (SSSR count). The molecule has 3 heterocycles. The number of ether oxygens (including phenoxy) is 1. The molecule has 0 aliphatic rings. The first-order chi connectivity index (χ1) is 11.9. The maximum Gasteiger partial charge on any atom is 0.232 e. The normalized spacial score (nSPS) is 11.5. The van der Waals surface area contributed by atoms with Crippen molar-refractivity contribution in [3.63, 3.8) is 0 Å². The highest BCUT2D eigenvalue weighted by molar-refractivity contribution is 6.35. The first kappa shape index (κ1) is 17.0. The number of aryl methyl sites for hydroxylation is 1. The number of hydrogen-bond acceptors (Lipinski definition) is 6. The Hall–Kier alpha value is -2.79. The fraction of sp³-hybridized carbons (Fsp3) is 0.375. The van der Waals surface area contributed by atoms with E-state index in [-0.39, 0.29) is 0 Å². The average molecular weight is 360 g/mol. The fourth-order valence-corrected chi connectivity index (χ4v) is 2.53. The summed E-state index contributed by atoms with van der Waals surface area (Å²) in [5.41, 5.74) is 1.27. The minimum atomic E-state index is -0.751. The molecule has 0 radical (unpaired) electrons. The topological polar surface area (TPSA) is 104 Å². The molecule has 0 unspecified atom stereocenters. The number of nitriles is 1. The minimum Gasteiger partial charge on any atom is -0.477 e. The molecular formula is C16H18ClN7O. The highest BCUT2D eigenvalue weighted by Crippen LogP contribution is 2.31. The summed E-state index contributed by atoms with van der Waals surface area (Å²) >= 11 is 6.17. The number of nitrogens with one attached hydrogen (secondary N) is 2. The number of fused-ring (bicyclic) bond motifs is 1. The van der Waals surface area contributed by atoms with Gasteiger partial charge in [-0.2, -0.15) is 20.3 Å². The third-order valence-electron chi connectivity index (χ3n) is 3.72. The highest BCUT2D eigenvalue weighted by Gasteiger charge is 2.22. The zero-order valence-electron chi connectivity index (χ0n) is 14.4. The number of hydrogen-bond donors (Lipinski definition) is 2. The summed E-state index contributed by atoms with van der Waals surface area (Å²) in [7, 11) is 0. The maximum absolute atomic E-state index is 9.26. The van der Waals surface area contributed by atoms with Crippen LogP contribution in [0, 0.1) is 18.3 Å². The summed E-state index contributed by atoms with van der Waals surface area (Å²) in [5.74, 6) is 0.760. The molecule has 0 aliphatic heterocycles. The van der Waals surface area contributed by atoms with Crippen LogP contribution in [0.15, 0.2) is 12.4 Å². The second-order valence-corrected chi connectivity index (χ2v) is 6.42. The van der Waals surface area contributed by atoms with Crippen molar-refractivity contribution < 1.29 is 4.74 Å². The Bertz CT molecular complexity index is 967. The predicted molar refractivity (Wildman–Crippen MR) is 95.2 cm³/mol. The smallest absolute Gasteiger partial charge is 0.232 e. The van der Waals surface area contributed by atoms with E-state index in [4.69, 9.17) is 16.3 Å². The van der Waals surface area contributed by atoms with Gasteiger partial charge in [-0.1, -0.05) is 11.6 Å². The van der Waals surface area contributed by atoms with E-state index >= 15 is 0 Å². The number of aromatic nitrogens is 5. The molecule has 0 saturated carbocycles. The Morgan fingerprint density at radius 2 is 2.20 bits per heavy atom. The van der Waals surface area contributed by atoms with E-state index in [2.05, 4.69) is 31.4 Å². The lowest BCUT2D eigenvalue weighted by atomic mass is 10.1. The largest absolute Gasteiger partial charge is 0.477 e. The van der Waals surface area contributed by atoms with Gasteiger partial charge in [0.15, 0.2) is 0 Å². The number of rotatable bonds is 5. The summed E-state index contributed by atoms with van der Waals surface area (Å²) in [4.78, 5) is 11.8. The Morgan fingerprint density at radius 3 is 2.88 bits per heavy atom. The molecule has 0 aromatic carbocycles. The number of aromatic amines is 1. The van der Waals surface area contributed by atoms with E-state index in [0.29, 0.717) is 40.2 Å². The van der Waals surface area contributed by atoms with Gasteiger partial charge in [-0.15, -0.1) is 0 Å². The van der Waals surface area contributed by atoms with Gasteiger partial charge in [-0.3, -0.25) is 4.68 Å². The van der Waals surface area contributed by atoms with Crippen molar-refractivity contribution in [2.24, 2.45) is 0 Å². The van der Waals surface area contributed by atoms with Crippen molar-refractivity contribution in [3.05, 3.63) is 23.1 Å². The molecule has 0 saturated heterocycles. The maximum atomic E-state index is 9.26. The lowest BCUT2D eigenvalue weighted by Gasteiger charge is -2.15. The second kappa shape index (κ2) is 6.26. The zero-order chi connectivity index (χ0) is 18.2. The molecule has 0 aliphatic carbocycles. The number of nitrogens with zero attached hydrogens (tertiary/aromatic N) is 5. The molecular weight excluding hydrogens is 342 g/mol. The van der Waals surface area contributed by atoms with Crippen LogP contribution in [0.1, 0.15) is 26.5 Å². The van der Waals surface area contributed by atoms with Crippen LogP contribution < -0.4 is 10.1 Å². The molecule has 3 aromatic heterocycles. The number of H-pyrrole nitrogens is 1. The Morgan fingerprint density at radius 1 is 1.44 bits per heavy atom. The van der Waals surface area contributed by atoms with Crippen molar-refractivity contribution in [2.75, 3.05) is 11.9 Å². The zero-order valence-corrected chi connectivity index (χ0v) is 15.1. The lowest BCUT2D eigenvalue weighted by molar-refractivity contribution is 0.331. The van der Waals surface area contributed by atoms with Crippen LogP contribution in [-0.2, 0) is 5.54 Å². The van der Waals surface area contributed by atoms with Crippen LogP contribution in [0.5, 0.6) is 5.88 Å². The van der Waals surface area contributed by atoms with Crippen LogP contribution in [0.2, 0.25) is 5.02 Å². The van der Waals surface area contributed by atoms with Gasteiger partial charge in [0.2, 0.25) is 11.8 Å². The van der Waals surface area contributed by atoms with Gasteiger partial charge in [-0.05, 0) is 27.7 Å². The van der Waals surface area contributed by atoms with Crippen LogP contribution in [0.3, 0.4) is 0 Å². The van der Waals surface area contributed by atoms with Crippen LogP contribution in [0.25, 0.3) is 11.0 Å². The lowest BCUT2D eigenvalue weighted by Crippen LogP contribution is -2.24. The van der Waals surface area contributed by atoms with E-state index < -0.39 is 5.54 Å². The minimum absolute atomic E-state index is 0.354. The molecule has 2 N–H and O–H groups in total. The van der Waals surface area contributed by atoms with Crippen molar-refractivity contribution in [3.8, 4) is 11.9 Å². The molecule has 9 heteroatoms. The van der Waals surface area contributed by atoms with Gasteiger partial charge >= 0.3 is 0 Å². The Balaban J connectivity index is 2.00. The fourth-order valence-electron chi connectivity index (χ4n) is 2.30. The SMILES string of the molecule is CCOc1nc(Nc2cn(C(C)(C)C#N)nc2C)nc2[nH]cc(Cl)c12. The van der Waals surface area contributed by atoms with Gasteiger partial charge in [0, 0.05) is 6.20 Å². The van der Waals surface area contributed by atoms with E-state index in [9.17, 15) is 5.26 Å². The highest BCUT2D eigenvalue weighted by atomic mass is 35.5. The van der Waals surface area contributed by atoms with Crippen molar-refractivity contribution in [1.82, 2.24) is 24.7 Å². The molecule has 130 valence electrons. The molecule has 0 amide bonds. The third kappa shape index (κ3) is 3.10. The van der Waals surface area contributed by atoms with Gasteiger partial charge in [0.25, 0.3) is 0 Å². The van der Waals surface area contributed by atoms with Gasteiger partial charge < -0.3 is 15.0 Å². The van der Waals surface area contributed by atoms with Crippen molar-refractivity contribution >= 4 is 34.3 Å². The van der Waals surface area contributed by atoms with E-state index in [1.54, 1.807) is 30.9 Å². The average Bonchev–Trinajstić information content (AvgIpc) is 3.12. The summed E-state index contributed by atoms with van der Waals surface area (Å²) < 4.78 is 7.19. The van der Waals surface area contributed by atoms with Gasteiger partial charge in [-0.25, -0.2) is 0 Å². The number of anilines is 2. The van der Waals surface area contributed by atoms with Gasteiger partial charge in [0.1, 0.15) is 11.2 Å². The van der Waals surface area contributed by atoms with E-state index in [1.165, 1.54) is 0 Å². The van der Waals surface area contributed by atoms with E-state index in [1.807, 2.05) is 13.8 Å². The Kier molecular flexibility index (Phi) is 4.27. The monoisotopic (exact) mass is 359 g/mol. The first-order valence-electron chi connectivity index (χ1n) is 7.78. The predicted octanol–water partition coefficient (Wildman–Crippen LogP) is 3.52. The molecule has 3 aromatic rings. The van der Waals surface area contributed by atoms with Crippen LogP contribution in [0.4, 0.5) is 11.6 Å². The summed E-state index contributed by atoms with van der Waals surface area (Å²) in [6.45, 7) is 7.76. The molecule has 8 nitrogen and oxygen atoms in total. The van der Waals surface area contributed by atoms with Crippen molar-refractivity contribution in [2.45, 2.75) is 33.2 Å². The van der Waals surface area contributed by atoms with Gasteiger partial charge in [0.05, 0.1) is 40.7 Å². The third-order valence-corrected chi connectivity index (χ3v) is 4.02. The van der Waals surface area contributed by atoms with Crippen LogP contribution >= 0.6 is 11.6 Å². The van der Waals surface area contributed by atoms with Crippen molar-refractivity contribution in [1.29, 1.82) is 5.26 Å². The molecule has 0 fully saturated rings. The molecule has 0 spiro atoms. The van der Waals surface area contributed by atoms with E-state index in [0.717, 1.165) is 5.69 Å². The molecule has 25 heavy (non-hydrogen) atoms. The second-order valence-electron chi connectivity index (χ2n) is 6.01. The standard InChI is InChI=1S/C16H18ClN7O/c1-5-25-14-12-10(17)6-19-13(12)21-15(22-14)20-11-7-24(23-9(11)2)16(3,4)8-18/h6-7H,5H2,1-4H3,(H2,19,20,21,22). The number of halogens is 1. The quantitative estimate of drug-likeness (QED) is 0.722. The molecule has 0 atom stereocenters. The summed E-state index contributed by atoms with van der Waals surface area (Å²) in [6, 6.07) is 2.22. The summed E-state index contributed by atoms with van der Waals surface area (Å²) in [6.07, 6.45) is 3.40. The summed E-state index contributed by atoms with van der Waals surface area (Å²) in [5, 5.41) is 17.9. The molecule has 0 bridgehead atoms.